The number of hydrogen-bond donors (Lipinski definition) is 2. The molecule has 5 nitrogen and oxygen atoms in total. The topological polar surface area (TPSA) is 77.8 Å². The number of amides is 2. The lowest BCUT2D eigenvalue weighted by Gasteiger charge is -2.37. The standard InChI is InChI=1S/C14H17NO4/c1-14(2,3)10(13(18)19)15-11(16)8-6-4-5-7-9(8)12(15)17/h4-7,10,13,18-19H,1-3H3/t10-/m0/s1. The Morgan fingerprint density at radius 3 is 1.74 bits per heavy atom. The van der Waals surface area contributed by atoms with Crippen LogP contribution in [0.4, 0.5) is 0 Å². The van der Waals surface area contributed by atoms with Gasteiger partial charge in [-0.2, -0.15) is 0 Å². The number of imide groups is 1. The SMILES string of the molecule is CC(C)(C)[C@H](C(O)O)N1C(=O)c2ccccc2C1=O. The van der Waals surface area contributed by atoms with Crippen molar-refractivity contribution in [2.45, 2.75) is 33.1 Å². The molecule has 0 unspecified atom stereocenters. The van der Waals surface area contributed by atoms with Crippen LogP contribution in [-0.4, -0.2) is 39.3 Å². The third kappa shape index (κ3) is 2.15. The van der Waals surface area contributed by atoms with Crippen LogP contribution in [0.25, 0.3) is 0 Å². The molecule has 1 aromatic carbocycles. The molecule has 2 N–H and O–H groups in total. The van der Waals surface area contributed by atoms with Crippen molar-refractivity contribution in [3.8, 4) is 0 Å². The van der Waals surface area contributed by atoms with Crippen LogP contribution < -0.4 is 0 Å². The molecule has 0 radical (unpaired) electrons. The quantitative estimate of drug-likeness (QED) is 0.616. The van der Waals surface area contributed by atoms with E-state index in [0.717, 1.165) is 4.90 Å². The minimum Gasteiger partial charge on any atom is -0.366 e. The Balaban J connectivity index is 2.49. The van der Waals surface area contributed by atoms with E-state index in [0.29, 0.717) is 11.1 Å². The first-order chi connectivity index (χ1) is 8.75. The average molecular weight is 263 g/mol. The first-order valence-electron chi connectivity index (χ1n) is 6.08. The predicted molar refractivity (Wildman–Crippen MR) is 68.4 cm³/mol. The second-order valence-corrected chi connectivity index (χ2v) is 5.75. The molecule has 0 saturated heterocycles. The summed E-state index contributed by atoms with van der Waals surface area (Å²) in [5.41, 5.74) is -0.0218. The lowest BCUT2D eigenvalue weighted by atomic mass is 9.85. The highest BCUT2D eigenvalue weighted by Gasteiger charge is 2.46. The number of rotatable bonds is 2. The minimum absolute atomic E-state index is 0.308. The van der Waals surface area contributed by atoms with E-state index in [1.54, 1.807) is 45.0 Å². The lowest BCUT2D eigenvalue weighted by Crippen LogP contribution is -2.53. The van der Waals surface area contributed by atoms with Gasteiger partial charge in [0, 0.05) is 0 Å². The van der Waals surface area contributed by atoms with E-state index in [1.165, 1.54) is 0 Å². The van der Waals surface area contributed by atoms with Crippen LogP contribution in [0.3, 0.4) is 0 Å². The van der Waals surface area contributed by atoms with Crippen molar-refractivity contribution in [2.75, 3.05) is 0 Å². The molecule has 0 bridgehead atoms. The van der Waals surface area contributed by atoms with E-state index in [4.69, 9.17) is 0 Å². The Hall–Kier alpha value is -1.72. The highest BCUT2D eigenvalue weighted by molar-refractivity contribution is 6.21. The Kier molecular flexibility index (Phi) is 3.20. The van der Waals surface area contributed by atoms with Gasteiger partial charge >= 0.3 is 0 Å². The summed E-state index contributed by atoms with van der Waals surface area (Å²) in [6, 6.07) is 5.50. The van der Waals surface area contributed by atoms with E-state index >= 15 is 0 Å². The number of benzene rings is 1. The van der Waals surface area contributed by atoms with E-state index < -0.39 is 29.6 Å². The van der Waals surface area contributed by atoms with Crippen molar-refractivity contribution in [1.82, 2.24) is 4.90 Å². The first kappa shape index (κ1) is 13.7. The third-order valence-corrected chi connectivity index (χ3v) is 3.27. The zero-order valence-electron chi connectivity index (χ0n) is 11.1. The summed E-state index contributed by atoms with van der Waals surface area (Å²) in [5.74, 6) is -0.956. The van der Waals surface area contributed by atoms with Crippen LogP contribution in [0.15, 0.2) is 24.3 Å². The minimum atomic E-state index is -1.78. The molecular weight excluding hydrogens is 246 g/mol. The second-order valence-electron chi connectivity index (χ2n) is 5.75. The van der Waals surface area contributed by atoms with Gasteiger partial charge in [-0.05, 0) is 17.5 Å². The van der Waals surface area contributed by atoms with Crippen molar-refractivity contribution in [3.05, 3.63) is 35.4 Å². The fourth-order valence-corrected chi connectivity index (χ4v) is 2.43. The Morgan fingerprint density at radius 2 is 1.42 bits per heavy atom. The lowest BCUT2D eigenvalue weighted by molar-refractivity contribution is -0.114. The van der Waals surface area contributed by atoms with Gasteiger partial charge in [-0.15, -0.1) is 0 Å². The smallest absolute Gasteiger partial charge is 0.262 e. The largest absolute Gasteiger partial charge is 0.366 e. The van der Waals surface area contributed by atoms with Gasteiger partial charge in [0.15, 0.2) is 6.29 Å². The van der Waals surface area contributed by atoms with E-state index in [9.17, 15) is 19.8 Å². The van der Waals surface area contributed by atoms with Gasteiger partial charge in [0.2, 0.25) is 0 Å². The van der Waals surface area contributed by atoms with E-state index in [1.807, 2.05) is 0 Å². The van der Waals surface area contributed by atoms with Gasteiger partial charge in [-0.3, -0.25) is 14.5 Å². The molecule has 2 amide bonds. The van der Waals surface area contributed by atoms with Crippen LogP contribution in [0.5, 0.6) is 0 Å². The highest BCUT2D eigenvalue weighted by atomic mass is 16.5. The monoisotopic (exact) mass is 263 g/mol. The van der Waals surface area contributed by atoms with Crippen molar-refractivity contribution >= 4 is 11.8 Å². The maximum atomic E-state index is 12.3. The molecule has 1 atom stereocenters. The molecule has 1 aliphatic rings. The van der Waals surface area contributed by atoms with Gasteiger partial charge in [0.05, 0.1) is 17.2 Å². The zero-order chi connectivity index (χ0) is 14.4. The van der Waals surface area contributed by atoms with Crippen LogP contribution >= 0.6 is 0 Å². The summed E-state index contributed by atoms with van der Waals surface area (Å²) in [6.07, 6.45) is -1.78. The van der Waals surface area contributed by atoms with E-state index in [-0.39, 0.29) is 0 Å². The summed E-state index contributed by atoms with van der Waals surface area (Å²) in [7, 11) is 0. The summed E-state index contributed by atoms with van der Waals surface area (Å²) < 4.78 is 0. The van der Waals surface area contributed by atoms with Crippen LogP contribution in [0.2, 0.25) is 0 Å². The van der Waals surface area contributed by atoms with Gasteiger partial charge in [0.1, 0.15) is 0 Å². The number of aliphatic hydroxyl groups is 2. The van der Waals surface area contributed by atoms with Gasteiger partial charge < -0.3 is 10.2 Å². The number of aliphatic hydroxyl groups excluding tert-OH is 1. The molecule has 1 aliphatic heterocycles. The van der Waals surface area contributed by atoms with Crippen molar-refractivity contribution in [2.24, 2.45) is 5.41 Å². The fraction of sp³-hybridized carbons (Fsp3) is 0.429. The first-order valence-corrected chi connectivity index (χ1v) is 6.08. The summed E-state index contributed by atoms with van der Waals surface area (Å²) >= 11 is 0. The number of fused-ring (bicyclic) bond motifs is 1. The molecule has 1 aromatic rings. The predicted octanol–water partition coefficient (Wildman–Crippen LogP) is 1.01. The van der Waals surface area contributed by atoms with Gasteiger partial charge in [-0.1, -0.05) is 32.9 Å². The molecule has 2 rings (SSSR count). The van der Waals surface area contributed by atoms with Crippen LogP contribution in [0, 0.1) is 5.41 Å². The van der Waals surface area contributed by atoms with Gasteiger partial charge in [0.25, 0.3) is 11.8 Å². The maximum absolute atomic E-state index is 12.3. The maximum Gasteiger partial charge on any atom is 0.262 e. The average Bonchev–Trinajstić information content (AvgIpc) is 2.53. The molecule has 0 fully saturated rings. The molecule has 0 saturated carbocycles. The molecule has 5 heteroatoms. The van der Waals surface area contributed by atoms with Crippen molar-refractivity contribution in [3.63, 3.8) is 0 Å². The van der Waals surface area contributed by atoms with Crippen molar-refractivity contribution in [1.29, 1.82) is 0 Å². The summed E-state index contributed by atoms with van der Waals surface area (Å²) in [4.78, 5) is 25.5. The Labute approximate surface area is 111 Å². The number of carbonyl (C=O) groups excluding carboxylic acids is 2. The highest BCUT2D eigenvalue weighted by Crippen LogP contribution is 2.33. The number of nitrogens with zero attached hydrogens (tertiary/aromatic N) is 1. The van der Waals surface area contributed by atoms with E-state index in [2.05, 4.69) is 0 Å². The number of hydrogen-bond acceptors (Lipinski definition) is 4. The third-order valence-electron chi connectivity index (χ3n) is 3.27. The molecule has 1 heterocycles. The second kappa shape index (κ2) is 4.43. The zero-order valence-corrected chi connectivity index (χ0v) is 11.1. The number of carbonyl (C=O) groups is 2. The van der Waals surface area contributed by atoms with Crippen molar-refractivity contribution < 1.29 is 19.8 Å². The molecule has 0 aromatic heterocycles. The van der Waals surface area contributed by atoms with Crippen LogP contribution in [-0.2, 0) is 0 Å². The molecule has 102 valence electrons. The Morgan fingerprint density at radius 1 is 1.00 bits per heavy atom. The molecule has 0 aliphatic carbocycles. The molecule has 0 spiro atoms. The Bertz CT molecular complexity index is 495. The fourth-order valence-electron chi connectivity index (χ4n) is 2.43. The molecular formula is C14H17NO4. The van der Waals surface area contributed by atoms with Crippen LogP contribution in [0.1, 0.15) is 41.5 Å². The van der Waals surface area contributed by atoms with Gasteiger partial charge in [-0.25, -0.2) is 0 Å². The summed E-state index contributed by atoms with van der Waals surface area (Å²) in [6.45, 7) is 5.25. The summed E-state index contributed by atoms with van der Waals surface area (Å²) in [5, 5.41) is 19.1. The molecule has 19 heavy (non-hydrogen) atoms. The normalized spacial score (nSPS) is 17.1.